The second-order valence-electron chi connectivity index (χ2n) is 5.09. The Morgan fingerprint density at radius 2 is 1.46 bits per heavy atom. The van der Waals surface area contributed by atoms with Crippen LogP contribution in [0.25, 0.3) is 27.5 Å². The third-order valence-electron chi connectivity index (χ3n) is 3.54. The summed E-state index contributed by atoms with van der Waals surface area (Å²) in [4.78, 5) is 17.1. The Labute approximate surface area is 158 Å². The third-order valence-corrected chi connectivity index (χ3v) is 5.42. The van der Waals surface area contributed by atoms with Gasteiger partial charge in [0.1, 0.15) is 0 Å². The van der Waals surface area contributed by atoms with E-state index in [-0.39, 0.29) is 5.56 Å². The van der Waals surface area contributed by atoms with Crippen LogP contribution in [0.15, 0.2) is 67.7 Å². The lowest BCUT2D eigenvalue weighted by atomic mass is 10.1. The Morgan fingerprint density at radius 3 is 2.08 bits per heavy atom. The first-order valence-corrected chi connectivity index (χ1v) is 9.49. The molecule has 7 heteroatoms. The van der Waals surface area contributed by atoms with Gasteiger partial charge in [0, 0.05) is 25.5 Å². The fraction of sp³-hybridized carbons (Fsp3) is 0. The first-order chi connectivity index (χ1) is 11.6. The van der Waals surface area contributed by atoms with Crippen LogP contribution in [0.3, 0.4) is 0 Å². The van der Waals surface area contributed by atoms with Crippen molar-refractivity contribution in [3.63, 3.8) is 0 Å². The predicted molar refractivity (Wildman–Crippen MR) is 103 cm³/mol. The van der Waals surface area contributed by atoms with Crippen molar-refractivity contribution >= 4 is 48.2 Å². The van der Waals surface area contributed by atoms with Gasteiger partial charge in [-0.3, -0.25) is 4.79 Å². The lowest BCUT2D eigenvalue weighted by Crippen LogP contribution is -2.14. The third kappa shape index (κ3) is 2.83. The molecule has 118 valence electrons. The maximum Gasteiger partial charge on any atom is 0.300 e. The summed E-state index contributed by atoms with van der Waals surface area (Å²) in [5.74, 6) is 0. The topological polar surface area (TPSA) is 47.3 Å². The Morgan fingerprint density at radius 1 is 0.875 bits per heavy atom. The molecule has 2 aromatic heterocycles. The van der Waals surface area contributed by atoms with Gasteiger partial charge >= 0.3 is 5.56 Å². The molecule has 0 spiro atoms. The first-order valence-electron chi connectivity index (χ1n) is 7.02. The van der Waals surface area contributed by atoms with Crippen LogP contribution in [0.1, 0.15) is 0 Å². The molecule has 0 aliphatic carbocycles. The minimum Gasteiger partial charge on any atom is -0.265 e. The molecule has 0 aliphatic heterocycles. The molecular weight excluding hydrogens is 454 g/mol. The molecule has 0 unspecified atom stereocenters. The summed E-state index contributed by atoms with van der Waals surface area (Å²) in [6.45, 7) is 0. The molecule has 2 heterocycles. The summed E-state index contributed by atoms with van der Waals surface area (Å²) in [5.41, 5.74) is 2.70. The molecule has 0 amide bonds. The van der Waals surface area contributed by atoms with Crippen molar-refractivity contribution in [1.82, 2.24) is 14.6 Å². The second-order valence-corrected chi connectivity index (χ2v) is 7.76. The van der Waals surface area contributed by atoms with E-state index in [2.05, 4.69) is 41.9 Å². The van der Waals surface area contributed by atoms with Crippen molar-refractivity contribution in [3.05, 3.63) is 73.2 Å². The van der Waals surface area contributed by atoms with Gasteiger partial charge in [-0.05, 0) is 24.3 Å². The van der Waals surface area contributed by atoms with E-state index in [1.165, 1.54) is 11.3 Å². The molecule has 0 fully saturated rings. The van der Waals surface area contributed by atoms with Gasteiger partial charge in [-0.1, -0.05) is 56.1 Å². The first kappa shape index (κ1) is 15.7. The molecule has 24 heavy (non-hydrogen) atoms. The van der Waals surface area contributed by atoms with Crippen LogP contribution in [-0.4, -0.2) is 14.6 Å². The zero-order chi connectivity index (χ0) is 16.7. The summed E-state index contributed by atoms with van der Waals surface area (Å²) in [5, 5.41) is 6.52. The molecule has 4 rings (SSSR count). The lowest BCUT2D eigenvalue weighted by Gasteiger charge is -2.04. The van der Waals surface area contributed by atoms with Crippen LogP contribution in [0, 0.1) is 0 Å². The summed E-state index contributed by atoms with van der Waals surface area (Å²) in [7, 11) is 0. The van der Waals surface area contributed by atoms with Gasteiger partial charge in [0.05, 0.1) is 5.69 Å². The summed E-state index contributed by atoms with van der Waals surface area (Å²) >= 11 is 8.24. The monoisotopic (exact) mass is 461 g/mol. The van der Waals surface area contributed by atoms with Gasteiger partial charge in [-0.15, -0.1) is 11.3 Å². The molecule has 0 radical (unpaired) electrons. The van der Waals surface area contributed by atoms with E-state index in [9.17, 15) is 4.79 Å². The van der Waals surface area contributed by atoms with Gasteiger partial charge in [0.15, 0.2) is 5.69 Å². The molecule has 0 bridgehead atoms. The average Bonchev–Trinajstić information content (AvgIpc) is 2.98. The van der Waals surface area contributed by atoms with E-state index in [1.807, 2.05) is 53.9 Å². The standard InChI is InChI=1S/C17H9Br2N3OS/c18-12-5-1-10(2-6-12)14-9-24-17-20-16(23)15(21-22(14)17)11-3-7-13(19)8-4-11/h1-9H. The van der Waals surface area contributed by atoms with Crippen molar-refractivity contribution in [2.75, 3.05) is 0 Å². The fourth-order valence-electron chi connectivity index (χ4n) is 2.36. The molecule has 0 saturated carbocycles. The Bertz CT molecular complexity index is 1090. The summed E-state index contributed by atoms with van der Waals surface area (Å²) in [6, 6.07) is 15.4. The van der Waals surface area contributed by atoms with E-state index in [0.717, 1.165) is 25.8 Å². The van der Waals surface area contributed by atoms with Crippen LogP contribution in [0.5, 0.6) is 0 Å². The predicted octanol–water partition coefficient (Wildman–Crippen LogP) is 5.01. The lowest BCUT2D eigenvalue weighted by molar-refractivity contribution is 0.914. The van der Waals surface area contributed by atoms with Gasteiger partial charge in [0.2, 0.25) is 4.96 Å². The number of thiazole rings is 1. The minimum absolute atomic E-state index is 0.318. The number of hydrogen-bond acceptors (Lipinski definition) is 4. The highest BCUT2D eigenvalue weighted by molar-refractivity contribution is 9.10. The van der Waals surface area contributed by atoms with Crippen LogP contribution >= 0.6 is 43.2 Å². The summed E-state index contributed by atoms with van der Waals surface area (Å²) in [6.07, 6.45) is 0. The maximum absolute atomic E-state index is 12.3. The SMILES string of the molecule is O=c1nc2scc(-c3ccc(Br)cc3)n2nc1-c1ccc(Br)cc1. The summed E-state index contributed by atoms with van der Waals surface area (Å²) < 4.78 is 3.69. The quantitative estimate of drug-likeness (QED) is 0.420. The fourth-order valence-corrected chi connectivity index (χ4v) is 3.72. The minimum atomic E-state index is -0.318. The zero-order valence-electron chi connectivity index (χ0n) is 12.1. The molecule has 4 nitrogen and oxygen atoms in total. The van der Waals surface area contributed by atoms with Crippen LogP contribution in [0.2, 0.25) is 0 Å². The van der Waals surface area contributed by atoms with Crippen molar-refractivity contribution in [2.24, 2.45) is 0 Å². The smallest absolute Gasteiger partial charge is 0.265 e. The molecule has 0 aliphatic rings. The van der Waals surface area contributed by atoms with Gasteiger partial charge in [-0.25, -0.2) is 4.52 Å². The zero-order valence-corrected chi connectivity index (χ0v) is 16.1. The van der Waals surface area contributed by atoms with Gasteiger partial charge in [0.25, 0.3) is 0 Å². The molecule has 2 aromatic carbocycles. The Balaban J connectivity index is 1.92. The van der Waals surface area contributed by atoms with E-state index < -0.39 is 0 Å². The van der Waals surface area contributed by atoms with Gasteiger partial charge in [-0.2, -0.15) is 10.1 Å². The largest absolute Gasteiger partial charge is 0.300 e. The number of rotatable bonds is 2. The molecule has 0 atom stereocenters. The highest BCUT2D eigenvalue weighted by Gasteiger charge is 2.13. The van der Waals surface area contributed by atoms with Crippen molar-refractivity contribution in [3.8, 4) is 22.5 Å². The van der Waals surface area contributed by atoms with Crippen molar-refractivity contribution in [2.45, 2.75) is 0 Å². The molecular formula is C17H9Br2N3OS. The average molecular weight is 463 g/mol. The number of benzene rings is 2. The molecule has 4 aromatic rings. The second kappa shape index (κ2) is 6.23. The van der Waals surface area contributed by atoms with Crippen LogP contribution in [0.4, 0.5) is 0 Å². The maximum atomic E-state index is 12.3. The van der Waals surface area contributed by atoms with E-state index in [0.29, 0.717) is 10.7 Å². The highest BCUT2D eigenvalue weighted by Crippen LogP contribution is 2.26. The van der Waals surface area contributed by atoms with Crippen molar-refractivity contribution in [1.29, 1.82) is 0 Å². The van der Waals surface area contributed by atoms with E-state index in [1.54, 1.807) is 4.52 Å². The molecule has 0 saturated heterocycles. The number of aromatic nitrogens is 3. The normalized spacial score (nSPS) is 11.1. The number of nitrogens with zero attached hydrogens (tertiary/aromatic N) is 3. The van der Waals surface area contributed by atoms with E-state index >= 15 is 0 Å². The molecule has 0 N–H and O–H groups in total. The van der Waals surface area contributed by atoms with Gasteiger partial charge < -0.3 is 0 Å². The van der Waals surface area contributed by atoms with Crippen LogP contribution in [-0.2, 0) is 0 Å². The van der Waals surface area contributed by atoms with Crippen molar-refractivity contribution < 1.29 is 0 Å². The van der Waals surface area contributed by atoms with E-state index in [4.69, 9.17) is 0 Å². The number of halogens is 2. The number of fused-ring (bicyclic) bond motifs is 1. The Hall–Kier alpha value is -1.83. The highest BCUT2D eigenvalue weighted by atomic mass is 79.9. The van der Waals surface area contributed by atoms with Crippen LogP contribution < -0.4 is 5.56 Å². The Kier molecular flexibility index (Phi) is 4.07. The number of hydrogen-bond donors (Lipinski definition) is 0.